The summed E-state index contributed by atoms with van der Waals surface area (Å²) in [5.74, 6) is -0.491. The highest BCUT2D eigenvalue weighted by Crippen LogP contribution is 2.22. The maximum atomic E-state index is 12.9. The van der Waals surface area contributed by atoms with Gasteiger partial charge < -0.3 is 4.90 Å². The second-order valence-corrected chi connectivity index (χ2v) is 9.52. The van der Waals surface area contributed by atoms with Crippen molar-refractivity contribution in [1.82, 2.24) is 9.21 Å². The molecule has 1 aromatic heterocycles. The number of ketones is 2. The standard InChI is InChI=1S/C19H20N2O5S2/c1-13(22)15-4-3-5-16(12-15)28(25,26)21-10-8-20(9-11-21)19(24)18-7-6-17(27-18)14(2)23/h3-7,12H,8-11H2,1-2H3. The molecule has 0 N–H and O–H groups in total. The van der Waals surface area contributed by atoms with E-state index >= 15 is 0 Å². The maximum absolute atomic E-state index is 12.9. The van der Waals surface area contributed by atoms with Gasteiger partial charge in [0.15, 0.2) is 11.6 Å². The molecule has 0 bridgehead atoms. The van der Waals surface area contributed by atoms with Crippen LogP contribution in [0.4, 0.5) is 0 Å². The molecule has 1 amide bonds. The average Bonchev–Trinajstić information content (AvgIpc) is 3.18. The quantitative estimate of drug-likeness (QED) is 0.692. The van der Waals surface area contributed by atoms with Gasteiger partial charge in [-0.2, -0.15) is 4.31 Å². The summed E-state index contributed by atoms with van der Waals surface area (Å²) in [6.07, 6.45) is 0. The molecule has 2 heterocycles. The number of piperazine rings is 1. The van der Waals surface area contributed by atoms with Gasteiger partial charge in [-0.25, -0.2) is 8.42 Å². The van der Waals surface area contributed by atoms with Crippen LogP contribution in [0.15, 0.2) is 41.3 Å². The number of sulfonamides is 1. The van der Waals surface area contributed by atoms with Crippen LogP contribution >= 0.6 is 11.3 Å². The van der Waals surface area contributed by atoms with Crippen molar-refractivity contribution in [1.29, 1.82) is 0 Å². The van der Waals surface area contributed by atoms with Gasteiger partial charge in [-0.3, -0.25) is 14.4 Å². The lowest BCUT2D eigenvalue weighted by molar-refractivity contribution is 0.0702. The second-order valence-electron chi connectivity index (χ2n) is 6.50. The van der Waals surface area contributed by atoms with Gasteiger partial charge in [0.1, 0.15) is 0 Å². The Morgan fingerprint density at radius 1 is 0.893 bits per heavy atom. The summed E-state index contributed by atoms with van der Waals surface area (Å²) in [4.78, 5) is 38.2. The van der Waals surface area contributed by atoms with Crippen molar-refractivity contribution in [3.05, 3.63) is 51.7 Å². The van der Waals surface area contributed by atoms with E-state index in [0.29, 0.717) is 15.3 Å². The molecule has 28 heavy (non-hydrogen) atoms. The van der Waals surface area contributed by atoms with E-state index in [1.165, 1.54) is 30.3 Å². The molecule has 0 spiro atoms. The summed E-state index contributed by atoms with van der Waals surface area (Å²) >= 11 is 1.15. The highest BCUT2D eigenvalue weighted by atomic mass is 32.2. The molecule has 148 valence electrons. The molecule has 1 aromatic carbocycles. The minimum Gasteiger partial charge on any atom is -0.335 e. The van der Waals surface area contributed by atoms with Crippen molar-refractivity contribution < 1.29 is 22.8 Å². The third-order valence-corrected chi connectivity index (χ3v) is 7.64. The Morgan fingerprint density at radius 2 is 1.54 bits per heavy atom. The largest absolute Gasteiger partial charge is 0.335 e. The first-order valence-corrected chi connectivity index (χ1v) is 11.0. The first kappa shape index (κ1) is 20.4. The van der Waals surface area contributed by atoms with Gasteiger partial charge in [-0.15, -0.1) is 11.3 Å². The molecule has 7 nitrogen and oxygen atoms in total. The van der Waals surface area contributed by atoms with Crippen molar-refractivity contribution in [2.24, 2.45) is 0 Å². The summed E-state index contributed by atoms with van der Waals surface area (Å²) < 4.78 is 27.1. The lowest BCUT2D eigenvalue weighted by Gasteiger charge is -2.33. The van der Waals surface area contributed by atoms with Crippen molar-refractivity contribution in [2.75, 3.05) is 26.2 Å². The van der Waals surface area contributed by atoms with Crippen LogP contribution in [0.1, 0.15) is 43.5 Å². The zero-order chi connectivity index (χ0) is 20.5. The zero-order valence-electron chi connectivity index (χ0n) is 15.5. The summed E-state index contributed by atoms with van der Waals surface area (Å²) in [7, 11) is -3.74. The van der Waals surface area contributed by atoms with Gasteiger partial charge in [0.25, 0.3) is 5.91 Å². The third kappa shape index (κ3) is 4.06. The van der Waals surface area contributed by atoms with Gasteiger partial charge in [0, 0.05) is 31.7 Å². The number of hydrogen-bond acceptors (Lipinski definition) is 6. The monoisotopic (exact) mass is 420 g/mol. The zero-order valence-corrected chi connectivity index (χ0v) is 17.2. The predicted molar refractivity (Wildman–Crippen MR) is 105 cm³/mol. The van der Waals surface area contributed by atoms with E-state index in [-0.39, 0.29) is 48.5 Å². The van der Waals surface area contributed by atoms with E-state index in [9.17, 15) is 22.8 Å². The van der Waals surface area contributed by atoms with E-state index in [4.69, 9.17) is 0 Å². The van der Waals surface area contributed by atoms with Crippen molar-refractivity contribution in [2.45, 2.75) is 18.7 Å². The van der Waals surface area contributed by atoms with Crippen LogP contribution in [0.25, 0.3) is 0 Å². The van der Waals surface area contributed by atoms with Gasteiger partial charge in [0.05, 0.1) is 14.6 Å². The Hall–Kier alpha value is -2.36. The fourth-order valence-electron chi connectivity index (χ4n) is 2.95. The number of carbonyl (C=O) groups excluding carboxylic acids is 3. The first-order valence-electron chi connectivity index (χ1n) is 8.71. The molecule has 1 saturated heterocycles. The van der Waals surface area contributed by atoms with Crippen LogP contribution in [0.5, 0.6) is 0 Å². The Kier molecular flexibility index (Phi) is 5.78. The van der Waals surface area contributed by atoms with Crippen LogP contribution in [0.2, 0.25) is 0 Å². The van der Waals surface area contributed by atoms with E-state index in [1.807, 2.05) is 0 Å². The molecule has 3 rings (SSSR count). The normalized spacial score (nSPS) is 15.4. The SMILES string of the molecule is CC(=O)c1cccc(S(=O)(=O)N2CCN(C(=O)c3ccc(C(C)=O)s3)CC2)c1. The molecule has 1 aliphatic heterocycles. The van der Waals surface area contributed by atoms with Crippen LogP contribution < -0.4 is 0 Å². The predicted octanol–water partition coefficient (Wildman–Crippen LogP) is 2.30. The fourth-order valence-corrected chi connectivity index (χ4v) is 5.29. The number of nitrogens with zero attached hydrogens (tertiary/aromatic N) is 2. The first-order chi connectivity index (χ1) is 13.2. The average molecular weight is 421 g/mol. The molecule has 0 atom stereocenters. The van der Waals surface area contributed by atoms with E-state index in [2.05, 4.69) is 0 Å². The lowest BCUT2D eigenvalue weighted by Crippen LogP contribution is -2.50. The van der Waals surface area contributed by atoms with Crippen LogP contribution in [-0.4, -0.2) is 61.3 Å². The number of carbonyl (C=O) groups is 3. The Bertz CT molecular complexity index is 1030. The van der Waals surface area contributed by atoms with Crippen molar-refractivity contribution in [3.63, 3.8) is 0 Å². The van der Waals surface area contributed by atoms with Crippen molar-refractivity contribution >= 4 is 38.8 Å². The topological polar surface area (TPSA) is 91.8 Å². The highest BCUT2D eigenvalue weighted by Gasteiger charge is 2.31. The molecule has 1 fully saturated rings. The Balaban J connectivity index is 1.70. The Labute approximate surface area is 167 Å². The number of hydrogen-bond donors (Lipinski definition) is 0. The smallest absolute Gasteiger partial charge is 0.264 e. The molecule has 1 aliphatic rings. The number of benzene rings is 1. The van der Waals surface area contributed by atoms with Crippen LogP contribution in [0, 0.1) is 0 Å². The number of amides is 1. The Morgan fingerprint density at radius 3 is 2.11 bits per heavy atom. The summed E-state index contributed by atoms with van der Waals surface area (Å²) in [5, 5.41) is 0. The third-order valence-electron chi connectivity index (χ3n) is 4.57. The van der Waals surface area contributed by atoms with Crippen LogP contribution in [0.3, 0.4) is 0 Å². The van der Waals surface area contributed by atoms with Gasteiger partial charge in [0.2, 0.25) is 10.0 Å². The highest BCUT2D eigenvalue weighted by molar-refractivity contribution is 7.89. The molecule has 2 aromatic rings. The number of rotatable bonds is 5. The molecule has 0 saturated carbocycles. The van der Waals surface area contributed by atoms with E-state index < -0.39 is 10.0 Å². The van der Waals surface area contributed by atoms with E-state index in [0.717, 1.165) is 11.3 Å². The van der Waals surface area contributed by atoms with Crippen molar-refractivity contribution in [3.8, 4) is 0 Å². The molecule has 9 heteroatoms. The fraction of sp³-hybridized carbons (Fsp3) is 0.316. The maximum Gasteiger partial charge on any atom is 0.264 e. The lowest BCUT2D eigenvalue weighted by atomic mass is 10.2. The second kappa shape index (κ2) is 7.94. The molecular formula is C19H20N2O5S2. The molecule has 0 aliphatic carbocycles. The van der Waals surface area contributed by atoms with Gasteiger partial charge >= 0.3 is 0 Å². The molecule has 0 radical (unpaired) electrons. The van der Waals surface area contributed by atoms with E-state index in [1.54, 1.807) is 29.2 Å². The van der Waals surface area contributed by atoms with Crippen LogP contribution in [-0.2, 0) is 10.0 Å². The minimum absolute atomic E-state index is 0.0735. The minimum atomic E-state index is -3.74. The molecule has 0 unspecified atom stereocenters. The summed E-state index contributed by atoms with van der Waals surface area (Å²) in [6, 6.07) is 9.22. The number of Topliss-reactive ketones (excluding diaryl/α,β-unsaturated/α-hetero) is 2. The molecular weight excluding hydrogens is 400 g/mol. The van der Waals surface area contributed by atoms with Gasteiger partial charge in [-0.1, -0.05) is 12.1 Å². The van der Waals surface area contributed by atoms with Gasteiger partial charge in [-0.05, 0) is 38.1 Å². The summed E-state index contributed by atoms with van der Waals surface area (Å²) in [5.41, 5.74) is 0.342. The number of thiophene rings is 1. The summed E-state index contributed by atoms with van der Waals surface area (Å²) in [6.45, 7) is 3.70.